The molecule has 4 aromatic rings. The Bertz CT molecular complexity index is 1430. The van der Waals surface area contributed by atoms with Gasteiger partial charge in [0.2, 0.25) is 12.5 Å². The Labute approximate surface area is 203 Å². The largest absolute Gasteiger partial charge is 0.493 e. The zero-order chi connectivity index (χ0) is 23.9. The molecule has 0 saturated heterocycles. The van der Waals surface area contributed by atoms with Crippen LogP contribution in [0, 0.1) is 5.82 Å². The van der Waals surface area contributed by atoms with Gasteiger partial charge in [0.15, 0.2) is 35.7 Å². The molecule has 0 bridgehead atoms. The van der Waals surface area contributed by atoms with Crippen LogP contribution in [0.2, 0.25) is 0 Å². The predicted octanol–water partition coefficient (Wildman–Crippen LogP) is 5.41. The molecule has 0 amide bonds. The highest BCUT2D eigenvalue weighted by atomic mass is 19.1. The molecular weight excluding hydrogens is 445 g/mol. The molecule has 0 spiro atoms. The van der Waals surface area contributed by atoms with Crippen LogP contribution < -0.4 is 23.5 Å². The summed E-state index contributed by atoms with van der Waals surface area (Å²) in [5, 5.41) is 2.19. The third-order valence-electron chi connectivity index (χ3n) is 7.05. The van der Waals surface area contributed by atoms with E-state index in [9.17, 15) is 4.39 Å². The maximum Gasteiger partial charge on any atom is 0.231 e. The molecule has 178 valence electrons. The second kappa shape index (κ2) is 8.77. The topological polar surface area (TPSA) is 40.8 Å². The van der Waals surface area contributed by atoms with Crippen molar-refractivity contribution < 1.29 is 27.9 Å². The number of ether oxygens (including phenoxy) is 4. The minimum atomic E-state index is -0.204. The smallest absolute Gasteiger partial charge is 0.231 e. The van der Waals surface area contributed by atoms with Crippen LogP contribution in [-0.4, -0.2) is 21.0 Å². The normalized spacial score (nSPS) is 13.5. The van der Waals surface area contributed by atoms with Gasteiger partial charge in [0.25, 0.3) is 0 Å². The number of hydrogen-bond donors (Lipinski definition) is 0. The van der Waals surface area contributed by atoms with E-state index in [1.54, 1.807) is 14.2 Å². The number of pyridine rings is 1. The molecular formula is C29H27FNO4+. The van der Waals surface area contributed by atoms with Gasteiger partial charge in [-0.1, -0.05) is 12.1 Å². The first-order valence-electron chi connectivity index (χ1n) is 11.9. The first-order valence-corrected chi connectivity index (χ1v) is 11.9. The minimum absolute atomic E-state index is 0.204. The lowest BCUT2D eigenvalue weighted by molar-refractivity contribution is -0.686. The standard InChI is InChI=1S/C29H27FNO4/c1-32-25-11-10-21-22(5-3-4-18-6-8-20(30)9-7-18)28-23-15-27-26(34-17-35-27)14-19(23)12-13-31(28)16-24(21)29(25)33-2/h6-11,14-16H,3-5,12-13,17H2,1-2H3/q+1. The maximum atomic E-state index is 13.4. The van der Waals surface area contributed by atoms with Gasteiger partial charge in [0, 0.05) is 17.4 Å². The summed E-state index contributed by atoms with van der Waals surface area (Å²) < 4.78 is 38.5. The van der Waals surface area contributed by atoms with E-state index < -0.39 is 0 Å². The minimum Gasteiger partial charge on any atom is -0.493 e. The van der Waals surface area contributed by atoms with Crippen LogP contribution in [0.25, 0.3) is 22.0 Å². The molecule has 0 N–H and O–H groups in total. The fourth-order valence-corrected chi connectivity index (χ4v) is 5.38. The molecule has 35 heavy (non-hydrogen) atoms. The van der Waals surface area contributed by atoms with Crippen LogP contribution in [0.5, 0.6) is 23.0 Å². The van der Waals surface area contributed by atoms with Gasteiger partial charge < -0.3 is 18.9 Å². The monoisotopic (exact) mass is 472 g/mol. The molecule has 0 fully saturated rings. The van der Waals surface area contributed by atoms with E-state index >= 15 is 0 Å². The quantitative estimate of drug-likeness (QED) is 0.352. The van der Waals surface area contributed by atoms with E-state index in [0.717, 1.165) is 71.6 Å². The van der Waals surface area contributed by atoms with Gasteiger partial charge in [-0.15, -0.1) is 0 Å². The summed E-state index contributed by atoms with van der Waals surface area (Å²) in [5.41, 5.74) is 6.08. The van der Waals surface area contributed by atoms with Crippen molar-refractivity contribution in [2.45, 2.75) is 32.2 Å². The molecule has 0 aliphatic carbocycles. The van der Waals surface area contributed by atoms with E-state index in [-0.39, 0.29) is 12.6 Å². The van der Waals surface area contributed by atoms with Gasteiger partial charge in [-0.25, -0.2) is 4.39 Å². The van der Waals surface area contributed by atoms with Crippen molar-refractivity contribution in [3.05, 3.63) is 77.2 Å². The number of nitrogens with zero attached hydrogens (tertiary/aromatic N) is 1. The Morgan fingerprint density at radius 2 is 1.71 bits per heavy atom. The van der Waals surface area contributed by atoms with Crippen LogP contribution in [0.3, 0.4) is 0 Å². The van der Waals surface area contributed by atoms with Gasteiger partial charge in [-0.3, -0.25) is 0 Å². The van der Waals surface area contributed by atoms with Crippen molar-refractivity contribution in [2.75, 3.05) is 21.0 Å². The lowest BCUT2D eigenvalue weighted by atomic mass is 9.89. The van der Waals surface area contributed by atoms with Gasteiger partial charge in [0.1, 0.15) is 5.82 Å². The molecule has 6 rings (SSSR count). The van der Waals surface area contributed by atoms with Crippen molar-refractivity contribution >= 4 is 10.8 Å². The van der Waals surface area contributed by atoms with Crippen LogP contribution in [0.15, 0.2) is 54.7 Å². The number of methoxy groups -OCH3 is 2. The molecule has 3 aromatic carbocycles. The molecule has 3 heterocycles. The van der Waals surface area contributed by atoms with Crippen LogP contribution in [0.1, 0.15) is 23.1 Å². The predicted molar refractivity (Wildman–Crippen MR) is 131 cm³/mol. The summed E-state index contributed by atoms with van der Waals surface area (Å²) in [4.78, 5) is 0. The lowest BCUT2D eigenvalue weighted by Gasteiger charge is -2.21. The lowest BCUT2D eigenvalue weighted by Crippen LogP contribution is -2.41. The molecule has 1 aromatic heterocycles. The zero-order valence-corrected chi connectivity index (χ0v) is 19.9. The number of hydrogen-bond acceptors (Lipinski definition) is 4. The van der Waals surface area contributed by atoms with Gasteiger partial charge in [0.05, 0.1) is 25.2 Å². The summed E-state index contributed by atoms with van der Waals surface area (Å²) in [6.45, 7) is 1.13. The Balaban J connectivity index is 1.50. The molecule has 0 saturated carbocycles. The summed E-state index contributed by atoms with van der Waals surface area (Å²) >= 11 is 0. The third-order valence-corrected chi connectivity index (χ3v) is 7.05. The number of rotatable bonds is 6. The highest BCUT2D eigenvalue weighted by Gasteiger charge is 2.32. The molecule has 2 aliphatic rings. The van der Waals surface area contributed by atoms with Gasteiger partial charge in [-0.05, 0) is 66.8 Å². The van der Waals surface area contributed by atoms with Crippen molar-refractivity contribution in [1.29, 1.82) is 0 Å². The molecule has 6 heteroatoms. The van der Waals surface area contributed by atoms with Crippen LogP contribution >= 0.6 is 0 Å². The van der Waals surface area contributed by atoms with Crippen LogP contribution in [-0.2, 0) is 25.8 Å². The van der Waals surface area contributed by atoms with E-state index in [2.05, 4.69) is 29.0 Å². The number of aryl methyl sites for hydroxylation is 4. The zero-order valence-electron chi connectivity index (χ0n) is 19.9. The summed E-state index contributed by atoms with van der Waals surface area (Å²) in [6, 6.07) is 15.2. The highest BCUT2D eigenvalue weighted by molar-refractivity contribution is 5.95. The maximum absolute atomic E-state index is 13.4. The van der Waals surface area contributed by atoms with Gasteiger partial charge >= 0.3 is 0 Å². The molecule has 0 unspecified atom stereocenters. The number of aromatic nitrogens is 1. The SMILES string of the molecule is COc1ccc2c(CCCc3ccc(F)cc3)c3[n+](cc2c1OC)CCc1cc2c(cc1-3)OCO2. The van der Waals surface area contributed by atoms with Crippen molar-refractivity contribution in [2.24, 2.45) is 0 Å². The molecule has 5 nitrogen and oxygen atoms in total. The van der Waals surface area contributed by atoms with Crippen molar-refractivity contribution in [3.63, 3.8) is 0 Å². The van der Waals surface area contributed by atoms with E-state index in [0.29, 0.717) is 0 Å². The second-order valence-corrected chi connectivity index (χ2v) is 9.00. The Morgan fingerprint density at radius 1 is 0.914 bits per heavy atom. The fraction of sp³-hybridized carbons (Fsp3) is 0.276. The Hall–Kier alpha value is -3.80. The summed E-state index contributed by atoms with van der Waals surface area (Å²) in [6.07, 6.45) is 5.77. The van der Waals surface area contributed by atoms with Crippen LogP contribution in [0.4, 0.5) is 4.39 Å². The molecule has 2 aliphatic heterocycles. The second-order valence-electron chi connectivity index (χ2n) is 9.00. The Morgan fingerprint density at radius 3 is 2.49 bits per heavy atom. The Kier molecular flexibility index (Phi) is 5.44. The summed E-state index contributed by atoms with van der Waals surface area (Å²) in [7, 11) is 3.35. The van der Waals surface area contributed by atoms with Crippen molar-refractivity contribution in [1.82, 2.24) is 0 Å². The average Bonchev–Trinajstić information content (AvgIpc) is 3.34. The number of fused-ring (bicyclic) bond motifs is 5. The number of halogens is 1. The van der Waals surface area contributed by atoms with E-state index in [1.807, 2.05) is 18.2 Å². The molecule has 0 atom stereocenters. The van der Waals surface area contributed by atoms with Gasteiger partial charge in [-0.2, -0.15) is 4.57 Å². The summed E-state index contributed by atoms with van der Waals surface area (Å²) in [5.74, 6) is 2.88. The molecule has 0 radical (unpaired) electrons. The average molecular weight is 473 g/mol. The highest BCUT2D eigenvalue weighted by Crippen LogP contribution is 2.43. The first-order chi connectivity index (χ1) is 17.2. The van der Waals surface area contributed by atoms with E-state index in [1.165, 1.54) is 34.5 Å². The fourth-order valence-electron chi connectivity index (χ4n) is 5.38. The first kappa shape index (κ1) is 21.7. The third kappa shape index (κ3) is 3.73. The number of benzene rings is 3. The van der Waals surface area contributed by atoms with Crippen molar-refractivity contribution in [3.8, 4) is 34.3 Å². The van der Waals surface area contributed by atoms with E-state index in [4.69, 9.17) is 18.9 Å².